The van der Waals surface area contributed by atoms with Crippen LogP contribution in [0.3, 0.4) is 0 Å². The molecule has 1 aliphatic carbocycles. The second-order valence-corrected chi connectivity index (χ2v) is 5.35. The van der Waals surface area contributed by atoms with Crippen LogP contribution in [0.5, 0.6) is 0 Å². The highest BCUT2D eigenvalue weighted by atomic mass is 16.1. The smallest absolute Gasteiger partial charge is 0.290 e. The van der Waals surface area contributed by atoms with Crippen LogP contribution in [-0.2, 0) is 9.59 Å². The SMILES string of the molecule is O=C1C=CC(=O)C(c2cccc3c2ccc2ccccc23)=C1.[H+]. The zero-order valence-corrected chi connectivity index (χ0v) is 11.7. The van der Waals surface area contributed by atoms with Gasteiger partial charge in [-0.2, -0.15) is 0 Å². The molecule has 0 heterocycles. The van der Waals surface area contributed by atoms with Crippen LogP contribution < -0.4 is 0 Å². The molecule has 0 unspecified atom stereocenters. The van der Waals surface area contributed by atoms with E-state index in [0.29, 0.717) is 5.57 Å². The number of allylic oxidation sites excluding steroid dienone is 4. The molecule has 0 amide bonds. The lowest BCUT2D eigenvalue weighted by atomic mass is 9.90. The number of fused-ring (bicyclic) bond motifs is 3. The molecule has 4 rings (SSSR count). The van der Waals surface area contributed by atoms with Gasteiger partial charge >= 0.3 is 1.43 Å². The normalized spacial score (nSPS) is 14.6. The van der Waals surface area contributed by atoms with Gasteiger partial charge in [-0.15, -0.1) is 0 Å². The Morgan fingerprint density at radius 2 is 1.50 bits per heavy atom. The van der Waals surface area contributed by atoms with Crippen LogP contribution in [0.1, 0.15) is 6.99 Å². The van der Waals surface area contributed by atoms with Gasteiger partial charge in [-0.25, -0.2) is 0 Å². The van der Waals surface area contributed by atoms with Gasteiger partial charge in [0.15, 0.2) is 11.6 Å². The van der Waals surface area contributed by atoms with Crippen LogP contribution in [0.25, 0.3) is 27.1 Å². The minimum atomic E-state index is -0.146. The van der Waals surface area contributed by atoms with Gasteiger partial charge in [-0.3, -0.25) is 9.59 Å². The Morgan fingerprint density at radius 3 is 2.41 bits per heavy atom. The van der Waals surface area contributed by atoms with E-state index < -0.39 is 0 Å². The van der Waals surface area contributed by atoms with Crippen molar-refractivity contribution in [1.82, 2.24) is 0 Å². The maximum Gasteiger partial charge on any atom is 1.00 e. The second-order valence-electron chi connectivity index (χ2n) is 5.35. The van der Waals surface area contributed by atoms with Gasteiger partial charge in [0.2, 0.25) is 0 Å². The van der Waals surface area contributed by atoms with Crippen molar-refractivity contribution in [3.63, 3.8) is 0 Å². The molecule has 0 radical (unpaired) electrons. The monoisotopic (exact) mass is 285 g/mol. The molecule has 2 heteroatoms. The zero-order chi connectivity index (χ0) is 15.1. The molecule has 104 valence electrons. The number of carbonyl (C=O) groups excluding carboxylic acids is 2. The Labute approximate surface area is 128 Å². The summed E-state index contributed by atoms with van der Waals surface area (Å²) in [6.07, 6.45) is 4.08. The number of benzene rings is 3. The zero-order valence-electron chi connectivity index (χ0n) is 12.7. The van der Waals surface area contributed by atoms with Crippen LogP contribution in [0.15, 0.2) is 72.8 Å². The molecule has 3 aromatic carbocycles. The van der Waals surface area contributed by atoms with E-state index in [1.54, 1.807) is 0 Å². The van der Waals surface area contributed by atoms with E-state index in [1.165, 1.54) is 18.2 Å². The lowest BCUT2D eigenvalue weighted by Crippen LogP contribution is -2.07. The lowest BCUT2D eigenvalue weighted by Gasteiger charge is -2.12. The number of rotatable bonds is 1. The lowest BCUT2D eigenvalue weighted by molar-refractivity contribution is -0.113. The van der Waals surface area contributed by atoms with Gasteiger partial charge < -0.3 is 0 Å². The molecule has 0 aliphatic heterocycles. The van der Waals surface area contributed by atoms with Crippen LogP contribution in [0, 0.1) is 0 Å². The molecule has 3 aromatic rings. The van der Waals surface area contributed by atoms with E-state index in [0.717, 1.165) is 27.1 Å². The average molecular weight is 285 g/mol. The van der Waals surface area contributed by atoms with E-state index in [1.807, 2.05) is 42.5 Å². The predicted octanol–water partition coefficient (Wildman–Crippen LogP) is 4.20. The van der Waals surface area contributed by atoms with Crippen LogP contribution in [-0.4, -0.2) is 11.6 Å². The molecule has 2 nitrogen and oxygen atoms in total. The Morgan fingerprint density at radius 1 is 0.682 bits per heavy atom. The van der Waals surface area contributed by atoms with E-state index in [-0.39, 0.29) is 13.0 Å². The number of ketones is 2. The summed E-state index contributed by atoms with van der Waals surface area (Å²) >= 11 is 0. The first-order valence-corrected chi connectivity index (χ1v) is 7.13. The minimum absolute atomic E-state index is 0. The Balaban J connectivity index is 0.00000156. The van der Waals surface area contributed by atoms with Crippen LogP contribution in [0.4, 0.5) is 0 Å². The molecule has 0 aromatic heterocycles. The van der Waals surface area contributed by atoms with Crippen molar-refractivity contribution in [3.8, 4) is 0 Å². The first-order chi connectivity index (χ1) is 10.7. The standard InChI is InChI=1S/C20H12O2/c21-14-9-11-20(22)19(12-14)17-7-3-6-16-15-5-2-1-4-13(15)8-10-18(16)17/h1-12H/p+1. The third-order valence-electron chi connectivity index (χ3n) is 4.03. The molecule has 0 fully saturated rings. The highest BCUT2D eigenvalue weighted by Gasteiger charge is 2.17. The fraction of sp³-hybridized carbons (Fsp3) is 0. The topological polar surface area (TPSA) is 34.1 Å². The van der Waals surface area contributed by atoms with Crippen LogP contribution >= 0.6 is 0 Å². The molecule has 0 bridgehead atoms. The molecule has 0 atom stereocenters. The average Bonchev–Trinajstić information content (AvgIpc) is 2.56. The van der Waals surface area contributed by atoms with E-state index in [2.05, 4.69) is 12.1 Å². The van der Waals surface area contributed by atoms with Gasteiger partial charge in [-0.05, 0) is 45.3 Å². The van der Waals surface area contributed by atoms with Crippen molar-refractivity contribution in [1.29, 1.82) is 0 Å². The number of hydrogen-bond donors (Lipinski definition) is 0. The van der Waals surface area contributed by atoms with E-state index >= 15 is 0 Å². The fourth-order valence-electron chi connectivity index (χ4n) is 2.99. The first kappa shape index (κ1) is 12.7. The molecular formula is C20H13O2+. The quantitative estimate of drug-likeness (QED) is 0.496. The van der Waals surface area contributed by atoms with Crippen molar-refractivity contribution in [2.75, 3.05) is 0 Å². The summed E-state index contributed by atoms with van der Waals surface area (Å²) < 4.78 is 0. The summed E-state index contributed by atoms with van der Waals surface area (Å²) in [6, 6.07) is 18.1. The highest BCUT2D eigenvalue weighted by molar-refractivity contribution is 6.35. The molecule has 0 saturated heterocycles. The molecule has 0 saturated carbocycles. The Bertz CT molecular complexity index is 1010. The van der Waals surface area contributed by atoms with E-state index in [9.17, 15) is 9.59 Å². The summed E-state index contributed by atoms with van der Waals surface area (Å²) in [5, 5.41) is 4.38. The maximum atomic E-state index is 12.1. The molecule has 1 aliphatic rings. The summed E-state index contributed by atoms with van der Waals surface area (Å²) in [4.78, 5) is 23.8. The second kappa shape index (κ2) is 4.78. The number of hydrogen-bond acceptors (Lipinski definition) is 2. The van der Waals surface area contributed by atoms with Gasteiger partial charge in [0.05, 0.1) is 0 Å². The van der Waals surface area contributed by atoms with Gasteiger partial charge in [0.25, 0.3) is 0 Å². The maximum absolute atomic E-state index is 12.1. The summed E-state index contributed by atoms with van der Waals surface area (Å²) in [5.74, 6) is -0.271. The molecule has 0 N–H and O–H groups in total. The van der Waals surface area contributed by atoms with Crippen LogP contribution in [0.2, 0.25) is 0 Å². The fourth-order valence-corrected chi connectivity index (χ4v) is 2.99. The predicted molar refractivity (Wildman–Crippen MR) is 89.7 cm³/mol. The Hall–Kier alpha value is -3.00. The van der Waals surface area contributed by atoms with Crippen molar-refractivity contribution in [2.45, 2.75) is 0 Å². The van der Waals surface area contributed by atoms with E-state index in [4.69, 9.17) is 0 Å². The van der Waals surface area contributed by atoms with Gasteiger partial charge in [0.1, 0.15) is 0 Å². The minimum Gasteiger partial charge on any atom is -0.290 e. The summed E-state index contributed by atoms with van der Waals surface area (Å²) in [5.41, 5.74) is 1.28. The van der Waals surface area contributed by atoms with Gasteiger partial charge in [-0.1, -0.05) is 54.6 Å². The third kappa shape index (κ3) is 1.89. The highest BCUT2D eigenvalue weighted by Crippen LogP contribution is 2.32. The van der Waals surface area contributed by atoms with Crippen molar-refractivity contribution < 1.29 is 11.0 Å². The van der Waals surface area contributed by atoms with Crippen molar-refractivity contribution in [3.05, 3.63) is 78.4 Å². The number of carbonyl (C=O) groups is 2. The molecule has 0 spiro atoms. The van der Waals surface area contributed by atoms with Crippen molar-refractivity contribution >= 4 is 38.7 Å². The van der Waals surface area contributed by atoms with Crippen molar-refractivity contribution in [2.24, 2.45) is 0 Å². The summed E-state index contributed by atoms with van der Waals surface area (Å²) in [7, 11) is 0. The first-order valence-electron chi connectivity index (χ1n) is 7.13. The van der Waals surface area contributed by atoms with Gasteiger partial charge in [0, 0.05) is 5.57 Å². The largest absolute Gasteiger partial charge is 1.00 e. The summed E-state index contributed by atoms with van der Waals surface area (Å²) in [6.45, 7) is 0. The Kier molecular flexibility index (Phi) is 2.76. The third-order valence-corrected chi connectivity index (χ3v) is 4.03. The molecular weight excluding hydrogens is 272 g/mol. The molecule has 22 heavy (non-hydrogen) atoms.